The molecule has 4 heteroatoms. The number of benzene rings is 1. The number of fused-ring (bicyclic) bond motifs is 1. The number of hydrogen-bond donors (Lipinski definition) is 2. The van der Waals surface area contributed by atoms with Crippen LogP contribution in [0.5, 0.6) is 0 Å². The molecular weight excluding hydrogens is 242 g/mol. The SMILES string of the molecule is NC(=S)c1ccc2nc(C3CCCCC3)[nH]c2c1. The minimum Gasteiger partial charge on any atom is -0.389 e. The molecule has 1 aromatic carbocycles. The lowest BCUT2D eigenvalue weighted by Gasteiger charge is -2.18. The number of imidazole rings is 1. The highest BCUT2D eigenvalue weighted by molar-refractivity contribution is 7.80. The first-order valence-corrected chi connectivity index (χ1v) is 6.94. The van der Waals surface area contributed by atoms with Crippen LogP contribution in [0.2, 0.25) is 0 Å². The van der Waals surface area contributed by atoms with Crippen molar-refractivity contribution in [2.45, 2.75) is 38.0 Å². The summed E-state index contributed by atoms with van der Waals surface area (Å²) in [6.45, 7) is 0. The van der Waals surface area contributed by atoms with E-state index in [-0.39, 0.29) is 0 Å². The second kappa shape index (κ2) is 4.69. The van der Waals surface area contributed by atoms with Gasteiger partial charge in [0.05, 0.1) is 11.0 Å². The Bertz CT molecular complexity index is 582. The van der Waals surface area contributed by atoms with Gasteiger partial charge in [-0.3, -0.25) is 0 Å². The quantitative estimate of drug-likeness (QED) is 0.814. The summed E-state index contributed by atoms with van der Waals surface area (Å²) in [6.07, 6.45) is 6.51. The Morgan fingerprint density at radius 3 is 2.78 bits per heavy atom. The van der Waals surface area contributed by atoms with Crippen molar-refractivity contribution < 1.29 is 0 Å². The van der Waals surface area contributed by atoms with Gasteiger partial charge in [-0.25, -0.2) is 4.98 Å². The van der Waals surface area contributed by atoms with Gasteiger partial charge in [-0.05, 0) is 31.0 Å². The van der Waals surface area contributed by atoms with Crippen LogP contribution in [0, 0.1) is 0 Å². The third kappa shape index (κ3) is 2.12. The summed E-state index contributed by atoms with van der Waals surface area (Å²) in [6, 6.07) is 5.93. The normalized spacial score (nSPS) is 17.1. The standard InChI is InChI=1S/C14H17N3S/c15-13(18)10-6-7-11-12(8-10)17-14(16-11)9-4-2-1-3-5-9/h6-9H,1-5H2,(H2,15,18)(H,16,17). The highest BCUT2D eigenvalue weighted by Gasteiger charge is 2.18. The van der Waals surface area contributed by atoms with E-state index in [2.05, 4.69) is 4.98 Å². The maximum absolute atomic E-state index is 5.65. The molecule has 1 aliphatic rings. The van der Waals surface area contributed by atoms with E-state index in [0.717, 1.165) is 22.4 Å². The van der Waals surface area contributed by atoms with Crippen LogP contribution in [-0.4, -0.2) is 15.0 Å². The van der Waals surface area contributed by atoms with Crippen molar-refractivity contribution in [3.05, 3.63) is 29.6 Å². The highest BCUT2D eigenvalue weighted by Crippen LogP contribution is 2.32. The minimum atomic E-state index is 0.436. The zero-order valence-corrected chi connectivity index (χ0v) is 11.1. The van der Waals surface area contributed by atoms with Gasteiger partial charge in [0.15, 0.2) is 0 Å². The van der Waals surface area contributed by atoms with Crippen LogP contribution >= 0.6 is 12.2 Å². The molecule has 1 aromatic heterocycles. The Labute approximate surface area is 112 Å². The smallest absolute Gasteiger partial charge is 0.110 e. The first-order chi connectivity index (χ1) is 8.74. The number of thiocarbonyl (C=S) groups is 1. The maximum Gasteiger partial charge on any atom is 0.110 e. The predicted molar refractivity (Wildman–Crippen MR) is 77.8 cm³/mol. The Hall–Kier alpha value is -1.42. The van der Waals surface area contributed by atoms with E-state index in [1.54, 1.807) is 0 Å². The number of nitrogens with one attached hydrogen (secondary N) is 1. The Kier molecular flexibility index (Phi) is 3.04. The number of H-pyrrole nitrogens is 1. The van der Waals surface area contributed by atoms with E-state index in [0.29, 0.717) is 10.9 Å². The van der Waals surface area contributed by atoms with Crippen molar-refractivity contribution in [1.29, 1.82) is 0 Å². The van der Waals surface area contributed by atoms with Gasteiger partial charge in [0.25, 0.3) is 0 Å². The zero-order valence-electron chi connectivity index (χ0n) is 10.3. The van der Waals surface area contributed by atoms with Gasteiger partial charge in [0.2, 0.25) is 0 Å². The molecule has 0 amide bonds. The molecule has 0 aliphatic heterocycles. The van der Waals surface area contributed by atoms with E-state index < -0.39 is 0 Å². The first kappa shape index (κ1) is 11.7. The van der Waals surface area contributed by atoms with Gasteiger partial charge in [-0.1, -0.05) is 31.5 Å². The number of aromatic amines is 1. The molecule has 3 N–H and O–H groups in total. The first-order valence-electron chi connectivity index (χ1n) is 6.53. The van der Waals surface area contributed by atoms with Crippen LogP contribution < -0.4 is 5.73 Å². The summed E-state index contributed by atoms with van der Waals surface area (Å²) >= 11 is 5.00. The molecule has 3 rings (SSSR count). The summed E-state index contributed by atoms with van der Waals surface area (Å²) in [5, 5.41) is 0. The lowest BCUT2D eigenvalue weighted by molar-refractivity contribution is 0.431. The number of nitrogens with zero attached hydrogens (tertiary/aromatic N) is 1. The highest BCUT2D eigenvalue weighted by atomic mass is 32.1. The van der Waals surface area contributed by atoms with Crippen LogP contribution in [0.1, 0.15) is 49.4 Å². The number of rotatable bonds is 2. The molecule has 0 saturated heterocycles. The fourth-order valence-electron chi connectivity index (χ4n) is 2.75. The third-order valence-electron chi connectivity index (χ3n) is 3.78. The average molecular weight is 259 g/mol. The summed E-state index contributed by atoms with van der Waals surface area (Å²) in [7, 11) is 0. The van der Waals surface area contributed by atoms with Crippen LogP contribution in [-0.2, 0) is 0 Å². The van der Waals surface area contributed by atoms with Crippen LogP contribution in [0.15, 0.2) is 18.2 Å². The second-order valence-corrected chi connectivity index (χ2v) is 5.49. The molecule has 0 unspecified atom stereocenters. The molecule has 1 heterocycles. The molecule has 94 valence electrons. The third-order valence-corrected chi connectivity index (χ3v) is 4.01. The average Bonchev–Trinajstić information content (AvgIpc) is 2.82. The van der Waals surface area contributed by atoms with E-state index in [1.165, 1.54) is 32.1 Å². The molecular formula is C14H17N3S. The van der Waals surface area contributed by atoms with Crippen LogP contribution in [0.3, 0.4) is 0 Å². The van der Waals surface area contributed by atoms with Crippen LogP contribution in [0.25, 0.3) is 11.0 Å². The molecule has 18 heavy (non-hydrogen) atoms. The molecule has 0 bridgehead atoms. The van der Waals surface area contributed by atoms with Gasteiger partial charge < -0.3 is 10.7 Å². The second-order valence-electron chi connectivity index (χ2n) is 5.05. The predicted octanol–water partition coefficient (Wildman–Crippen LogP) is 3.24. The molecule has 2 aromatic rings. The van der Waals surface area contributed by atoms with Gasteiger partial charge in [0.1, 0.15) is 10.8 Å². The van der Waals surface area contributed by atoms with Crippen LogP contribution in [0.4, 0.5) is 0 Å². The molecule has 3 nitrogen and oxygen atoms in total. The van der Waals surface area contributed by atoms with E-state index in [1.807, 2.05) is 18.2 Å². The number of hydrogen-bond acceptors (Lipinski definition) is 2. The summed E-state index contributed by atoms with van der Waals surface area (Å²) in [5.74, 6) is 1.73. The lowest BCUT2D eigenvalue weighted by Crippen LogP contribution is -2.08. The van der Waals surface area contributed by atoms with Crippen molar-refractivity contribution in [3.63, 3.8) is 0 Å². The Morgan fingerprint density at radius 2 is 2.06 bits per heavy atom. The number of aromatic nitrogens is 2. The molecule has 0 spiro atoms. The molecule has 1 saturated carbocycles. The van der Waals surface area contributed by atoms with Gasteiger partial charge in [0, 0.05) is 11.5 Å². The Morgan fingerprint density at radius 1 is 1.28 bits per heavy atom. The summed E-state index contributed by atoms with van der Waals surface area (Å²) in [4.78, 5) is 8.57. The molecule has 0 radical (unpaired) electrons. The fourth-order valence-corrected chi connectivity index (χ4v) is 2.88. The number of nitrogens with two attached hydrogens (primary N) is 1. The van der Waals surface area contributed by atoms with Gasteiger partial charge in [-0.15, -0.1) is 0 Å². The molecule has 0 atom stereocenters. The molecule has 1 aliphatic carbocycles. The summed E-state index contributed by atoms with van der Waals surface area (Å²) < 4.78 is 0. The monoisotopic (exact) mass is 259 g/mol. The fraction of sp³-hybridized carbons (Fsp3) is 0.429. The summed E-state index contributed by atoms with van der Waals surface area (Å²) in [5.41, 5.74) is 8.60. The van der Waals surface area contributed by atoms with Crippen molar-refractivity contribution in [2.24, 2.45) is 5.73 Å². The van der Waals surface area contributed by atoms with E-state index in [9.17, 15) is 0 Å². The zero-order chi connectivity index (χ0) is 12.5. The van der Waals surface area contributed by atoms with Gasteiger partial charge >= 0.3 is 0 Å². The minimum absolute atomic E-state index is 0.436. The Balaban J connectivity index is 1.97. The van der Waals surface area contributed by atoms with Crippen molar-refractivity contribution in [2.75, 3.05) is 0 Å². The lowest BCUT2D eigenvalue weighted by atomic mass is 9.89. The van der Waals surface area contributed by atoms with Crippen molar-refractivity contribution in [1.82, 2.24) is 9.97 Å². The topological polar surface area (TPSA) is 54.7 Å². The van der Waals surface area contributed by atoms with E-state index in [4.69, 9.17) is 22.9 Å². The van der Waals surface area contributed by atoms with Crippen molar-refractivity contribution in [3.8, 4) is 0 Å². The molecule has 1 fully saturated rings. The largest absolute Gasteiger partial charge is 0.389 e. The van der Waals surface area contributed by atoms with Gasteiger partial charge in [-0.2, -0.15) is 0 Å². The van der Waals surface area contributed by atoms with E-state index >= 15 is 0 Å². The maximum atomic E-state index is 5.65. The van der Waals surface area contributed by atoms with Crippen molar-refractivity contribution >= 4 is 28.2 Å².